The fourth-order valence-corrected chi connectivity index (χ4v) is 7.39. The number of carbonyl (C=O) groups is 2. The van der Waals surface area contributed by atoms with E-state index in [1.54, 1.807) is 18.2 Å². The maximum atomic E-state index is 14.3. The smallest absolute Gasteiger partial charge is 0.273 e. The molecule has 15 heteroatoms. The van der Waals surface area contributed by atoms with E-state index in [0.717, 1.165) is 36.1 Å². The number of hydrogen-bond acceptors (Lipinski definition) is 7. The third-order valence-electron chi connectivity index (χ3n) is 7.91. The summed E-state index contributed by atoms with van der Waals surface area (Å²) in [5.41, 5.74) is 0.100. The van der Waals surface area contributed by atoms with Crippen molar-refractivity contribution in [3.8, 4) is 5.75 Å². The lowest BCUT2D eigenvalue weighted by Gasteiger charge is -2.33. The summed E-state index contributed by atoms with van der Waals surface area (Å²) in [5, 5.41) is 15.3. The zero-order chi connectivity index (χ0) is 33.8. The molecule has 3 aromatic carbocycles. The highest BCUT2D eigenvalue weighted by Gasteiger charge is 2.36. The number of amides is 2. The number of sulfonamides is 1. The monoisotopic (exact) mass is 710 g/mol. The van der Waals surface area contributed by atoms with E-state index in [-0.39, 0.29) is 44.7 Å². The van der Waals surface area contributed by atoms with E-state index in [0.29, 0.717) is 5.56 Å². The van der Waals surface area contributed by atoms with Gasteiger partial charge in [-0.25, -0.2) is 8.42 Å². The second-order valence-corrected chi connectivity index (χ2v) is 14.0. The lowest BCUT2D eigenvalue weighted by atomic mass is 10.1. The molecule has 0 bridgehead atoms. The van der Waals surface area contributed by atoms with Crippen LogP contribution in [0.2, 0.25) is 15.1 Å². The Labute approximate surface area is 282 Å². The molecule has 0 aromatic heterocycles. The quantitative estimate of drug-likeness (QED) is 0.166. The van der Waals surface area contributed by atoms with Crippen LogP contribution in [0.25, 0.3) is 0 Å². The van der Waals surface area contributed by atoms with Crippen LogP contribution in [0.15, 0.2) is 59.5 Å². The van der Waals surface area contributed by atoms with Gasteiger partial charge in [-0.1, -0.05) is 59.8 Å². The standard InChI is InChI=1S/C31H33Cl3N4O7S/c1-19-11-13-23(16-27(19)38(41)42)46(43,44)37(28-15-21(32)12-14-29(28)45-3)18-30(39)36(17-24-25(33)9-6-10-26(24)34)20(2)31(40)35-22-7-4-5-8-22/h6,9-16,20,22H,4-5,7-8,17-18H2,1-3H3,(H,35,40)/t20-/m0/s1. The Balaban J connectivity index is 1.81. The van der Waals surface area contributed by atoms with Crippen LogP contribution in [-0.2, 0) is 26.2 Å². The van der Waals surface area contributed by atoms with Gasteiger partial charge in [0.05, 0.1) is 22.6 Å². The van der Waals surface area contributed by atoms with Gasteiger partial charge in [-0.15, -0.1) is 0 Å². The summed E-state index contributed by atoms with van der Waals surface area (Å²) in [4.78, 5) is 39.5. The van der Waals surface area contributed by atoms with Crippen LogP contribution in [-0.4, -0.2) is 55.8 Å². The third kappa shape index (κ3) is 7.86. The van der Waals surface area contributed by atoms with Crippen molar-refractivity contribution in [1.29, 1.82) is 0 Å². The maximum absolute atomic E-state index is 14.3. The van der Waals surface area contributed by atoms with Crippen molar-refractivity contribution in [2.75, 3.05) is 18.0 Å². The molecule has 0 radical (unpaired) electrons. The van der Waals surface area contributed by atoms with Crippen molar-refractivity contribution < 1.29 is 27.7 Å². The number of nitro benzene ring substituents is 1. The van der Waals surface area contributed by atoms with Crippen molar-refractivity contribution in [2.24, 2.45) is 0 Å². The minimum absolute atomic E-state index is 0.0410. The highest BCUT2D eigenvalue weighted by molar-refractivity contribution is 7.92. The van der Waals surface area contributed by atoms with Crippen LogP contribution < -0.4 is 14.4 Å². The molecule has 0 saturated heterocycles. The van der Waals surface area contributed by atoms with E-state index in [4.69, 9.17) is 39.5 Å². The Kier molecular flexibility index (Phi) is 11.4. The average molecular weight is 712 g/mol. The van der Waals surface area contributed by atoms with Gasteiger partial charge in [-0.3, -0.25) is 24.0 Å². The van der Waals surface area contributed by atoms with Crippen molar-refractivity contribution >= 4 is 68.0 Å². The summed E-state index contributed by atoms with van der Waals surface area (Å²) in [6.07, 6.45) is 3.57. The van der Waals surface area contributed by atoms with Gasteiger partial charge in [0, 0.05) is 44.8 Å². The number of benzene rings is 3. The molecule has 0 unspecified atom stereocenters. The molecule has 246 valence electrons. The van der Waals surface area contributed by atoms with Crippen molar-refractivity contribution in [3.05, 3.63) is 90.9 Å². The summed E-state index contributed by atoms with van der Waals surface area (Å²) in [6, 6.07) is 11.4. The lowest BCUT2D eigenvalue weighted by Crippen LogP contribution is -2.52. The first kappa shape index (κ1) is 35.3. The number of nitrogens with one attached hydrogen (secondary N) is 1. The number of carbonyl (C=O) groups excluding carboxylic acids is 2. The molecule has 1 fully saturated rings. The number of aryl methyl sites for hydroxylation is 1. The van der Waals surface area contributed by atoms with E-state index in [2.05, 4.69) is 5.32 Å². The Bertz CT molecular complexity index is 1730. The molecular formula is C31H33Cl3N4O7S. The Morgan fingerprint density at radius 1 is 1.07 bits per heavy atom. The predicted molar refractivity (Wildman–Crippen MR) is 177 cm³/mol. The van der Waals surface area contributed by atoms with Gasteiger partial charge in [0.15, 0.2) is 0 Å². The number of nitrogens with zero attached hydrogens (tertiary/aromatic N) is 3. The Hall–Kier alpha value is -3.58. The van der Waals surface area contributed by atoms with E-state index >= 15 is 0 Å². The van der Waals surface area contributed by atoms with Crippen LogP contribution in [0, 0.1) is 17.0 Å². The minimum Gasteiger partial charge on any atom is -0.495 e. The molecule has 2 amide bonds. The minimum atomic E-state index is -4.67. The van der Waals surface area contributed by atoms with Crippen LogP contribution in [0.1, 0.15) is 43.7 Å². The molecule has 0 aliphatic heterocycles. The summed E-state index contributed by atoms with van der Waals surface area (Å²) in [7, 11) is -3.35. The summed E-state index contributed by atoms with van der Waals surface area (Å²) in [5.74, 6) is -1.14. The van der Waals surface area contributed by atoms with Crippen LogP contribution in [0.5, 0.6) is 5.75 Å². The van der Waals surface area contributed by atoms with Crippen LogP contribution in [0.4, 0.5) is 11.4 Å². The molecule has 0 heterocycles. The second-order valence-electron chi connectivity index (χ2n) is 10.9. The van der Waals surface area contributed by atoms with Gasteiger partial charge in [-0.2, -0.15) is 0 Å². The zero-order valence-corrected chi connectivity index (χ0v) is 28.4. The van der Waals surface area contributed by atoms with Gasteiger partial charge >= 0.3 is 0 Å². The topological polar surface area (TPSA) is 139 Å². The average Bonchev–Trinajstić information content (AvgIpc) is 3.52. The number of rotatable bonds is 12. The zero-order valence-electron chi connectivity index (χ0n) is 25.3. The molecule has 1 saturated carbocycles. The normalized spacial score (nSPS) is 14.0. The fraction of sp³-hybridized carbons (Fsp3) is 0.355. The van der Waals surface area contributed by atoms with Gasteiger partial charge in [0.25, 0.3) is 15.7 Å². The number of nitro groups is 1. The Morgan fingerprint density at radius 3 is 2.33 bits per heavy atom. The SMILES string of the molecule is COc1ccc(Cl)cc1N(CC(=O)N(Cc1c(Cl)cccc1Cl)[C@@H](C)C(=O)NC1CCCC1)S(=O)(=O)c1ccc(C)c([N+](=O)[O-])c1. The van der Waals surface area contributed by atoms with E-state index in [1.807, 2.05) is 0 Å². The molecule has 1 N–H and O–H groups in total. The van der Waals surface area contributed by atoms with Gasteiger partial charge in [0.1, 0.15) is 18.3 Å². The first-order chi connectivity index (χ1) is 21.7. The van der Waals surface area contributed by atoms with Crippen LogP contribution in [0.3, 0.4) is 0 Å². The molecule has 1 aliphatic carbocycles. The number of halogens is 3. The number of hydrogen-bond donors (Lipinski definition) is 1. The van der Waals surface area contributed by atoms with Crippen molar-refractivity contribution in [2.45, 2.75) is 63.1 Å². The van der Waals surface area contributed by atoms with Crippen molar-refractivity contribution in [1.82, 2.24) is 10.2 Å². The molecule has 46 heavy (non-hydrogen) atoms. The highest BCUT2D eigenvalue weighted by Crippen LogP contribution is 2.36. The number of anilines is 1. The summed E-state index contributed by atoms with van der Waals surface area (Å²) < 4.78 is 34.7. The van der Waals surface area contributed by atoms with Gasteiger partial charge in [-0.05, 0) is 63.1 Å². The summed E-state index contributed by atoms with van der Waals surface area (Å²) >= 11 is 19.2. The molecule has 11 nitrogen and oxygen atoms in total. The molecule has 3 aromatic rings. The third-order valence-corrected chi connectivity index (χ3v) is 10.6. The predicted octanol–water partition coefficient (Wildman–Crippen LogP) is 6.54. The first-order valence-corrected chi connectivity index (χ1v) is 17.0. The number of ether oxygens (including phenoxy) is 1. The number of methoxy groups -OCH3 is 1. The van der Waals surface area contributed by atoms with E-state index < -0.39 is 49.9 Å². The molecule has 1 atom stereocenters. The van der Waals surface area contributed by atoms with Crippen LogP contribution >= 0.6 is 34.8 Å². The maximum Gasteiger partial charge on any atom is 0.273 e. The molecular weight excluding hydrogens is 679 g/mol. The molecule has 0 spiro atoms. The van der Waals surface area contributed by atoms with E-state index in [1.165, 1.54) is 56.2 Å². The second kappa shape index (κ2) is 14.9. The lowest BCUT2D eigenvalue weighted by molar-refractivity contribution is -0.385. The van der Waals surface area contributed by atoms with Gasteiger partial charge < -0.3 is 15.0 Å². The highest BCUT2D eigenvalue weighted by atomic mass is 35.5. The Morgan fingerprint density at radius 2 is 1.72 bits per heavy atom. The van der Waals surface area contributed by atoms with Gasteiger partial charge in [0.2, 0.25) is 11.8 Å². The van der Waals surface area contributed by atoms with E-state index in [9.17, 15) is 28.1 Å². The molecule has 1 aliphatic rings. The summed E-state index contributed by atoms with van der Waals surface area (Å²) in [6.45, 7) is 1.97. The first-order valence-electron chi connectivity index (χ1n) is 14.4. The molecule has 4 rings (SSSR count). The largest absolute Gasteiger partial charge is 0.495 e. The fourth-order valence-electron chi connectivity index (χ4n) is 5.27. The van der Waals surface area contributed by atoms with Crippen molar-refractivity contribution in [3.63, 3.8) is 0 Å².